The Bertz CT molecular complexity index is 686. The van der Waals surface area contributed by atoms with Crippen LogP contribution >= 0.6 is 0 Å². The molecule has 1 amide bonds. The maximum atomic E-state index is 12.1. The Morgan fingerprint density at radius 1 is 0.788 bits per heavy atom. The van der Waals surface area contributed by atoms with E-state index in [4.69, 9.17) is 0 Å². The van der Waals surface area contributed by atoms with Crippen molar-refractivity contribution in [2.24, 2.45) is 0 Å². The van der Waals surface area contributed by atoms with Gasteiger partial charge in [0.25, 0.3) is 0 Å². The minimum absolute atomic E-state index is 0.0911. The second-order valence-electron chi connectivity index (χ2n) is 9.04. The van der Waals surface area contributed by atoms with Crippen molar-refractivity contribution in [2.45, 2.75) is 116 Å². The van der Waals surface area contributed by atoms with Crippen molar-refractivity contribution < 1.29 is 24.6 Å². The predicted octanol–water partition coefficient (Wildman–Crippen LogP) is 5.94. The minimum atomic E-state index is -1.15. The smallest absolute Gasteiger partial charge is 0.326 e. The van der Waals surface area contributed by atoms with Crippen molar-refractivity contribution in [3.05, 3.63) is 29.8 Å². The molecular formula is C27H43NO5. The van der Waals surface area contributed by atoms with E-state index in [1.54, 1.807) is 12.1 Å². The molecular weight excluding hydrogens is 418 g/mol. The summed E-state index contributed by atoms with van der Waals surface area (Å²) in [6.45, 7) is 2.24. The van der Waals surface area contributed by atoms with Crippen LogP contribution < -0.4 is 5.32 Å². The normalized spacial score (nSPS) is 11.8. The monoisotopic (exact) mass is 461 g/mol. The van der Waals surface area contributed by atoms with Crippen LogP contribution in [0, 0.1) is 0 Å². The molecule has 1 atom stereocenters. The summed E-state index contributed by atoms with van der Waals surface area (Å²) >= 11 is 0. The Morgan fingerprint density at radius 3 is 1.76 bits per heavy atom. The van der Waals surface area contributed by atoms with Crippen LogP contribution in [0.2, 0.25) is 0 Å². The van der Waals surface area contributed by atoms with Gasteiger partial charge in [0.1, 0.15) is 17.6 Å². The molecule has 186 valence electrons. The van der Waals surface area contributed by atoms with Gasteiger partial charge in [-0.2, -0.15) is 0 Å². The van der Waals surface area contributed by atoms with Gasteiger partial charge >= 0.3 is 5.97 Å². The van der Waals surface area contributed by atoms with E-state index >= 15 is 0 Å². The molecule has 0 aromatic heterocycles. The van der Waals surface area contributed by atoms with E-state index < -0.39 is 17.9 Å². The Kier molecular flexibility index (Phi) is 15.7. The first-order valence-electron chi connectivity index (χ1n) is 12.7. The van der Waals surface area contributed by atoms with Crippen LogP contribution in [-0.2, 0) is 20.8 Å². The number of hydrogen-bond donors (Lipinski definition) is 3. The fourth-order valence-corrected chi connectivity index (χ4v) is 3.92. The first-order valence-corrected chi connectivity index (χ1v) is 12.7. The summed E-state index contributed by atoms with van der Waals surface area (Å²) in [5.41, 5.74) is 0.679. The summed E-state index contributed by atoms with van der Waals surface area (Å²) in [7, 11) is 0. The van der Waals surface area contributed by atoms with E-state index in [-0.39, 0.29) is 24.4 Å². The fraction of sp³-hybridized carbons (Fsp3) is 0.667. The molecule has 3 N–H and O–H groups in total. The third-order valence-corrected chi connectivity index (χ3v) is 5.93. The average molecular weight is 462 g/mol. The lowest BCUT2D eigenvalue weighted by atomic mass is 10.0. The number of aromatic hydroxyl groups is 1. The van der Waals surface area contributed by atoms with E-state index in [1.807, 2.05) is 0 Å². The molecule has 0 heterocycles. The van der Waals surface area contributed by atoms with Gasteiger partial charge in [-0.3, -0.25) is 9.59 Å². The number of benzene rings is 1. The molecule has 0 aliphatic rings. The Balaban J connectivity index is 2.08. The van der Waals surface area contributed by atoms with Crippen LogP contribution in [0.1, 0.15) is 109 Å². The molecule has 0 saturated heterocycles. The number of aliphatic carboxylic acids is 1. The van der Waals surface area contributed by atoms with E-state index in [0.717, 1.165) is 19.3 Å². The van der Waals surface area contributed by atoms with Gasteiger partial charge in [0.05, 0.1) is 6.42 Å². The lowest BCUT2D eigenvalue weighted by Gasteiger charge is -2.14. The quantitative estimate of drug-likeness (QED) is 0.165. The van der Waals surface area contributed by atoms with Crippen molar-refractivity contribution in [3.63, 3.8) is 0 Å². The van der Waals surface area contributed by atoms with Gasteiger partial charge in [-0.25, -0.2) is 4.79 Å². The van der Waals surface area contributed by atoms with E-state index in [9.17, 15) is 24.6 Å². The lowest BCUT2D eigenvalue weighted by molar-refractivity contribution is -0.142. The number of phenolic OH excluding ortho intramolecular Hbond substituents is 1. The van der Waals surface area contributed by atoms with Crippen LogP contribution in [0.25, 0.3) is 0 Å². The van der Waals surface area contributed by atoms with Crippen molar-refractivity contribution in [3.8, 4) is 5.75 Å². The third-order valence-electron chi connectivity index (χ3n) is 5.93. The molecule has 0 aliphatic carbocycles. The topological polar surface area (TPSA) is 104 Å². The number of carboxylic acid groups (broad SMARTS) is 1. The van der Waals surface area contributed by atoms with Gasteiger partial charge in [0.2, 0.25) is 5.91 Å². The number of phenols is 1. The number of ketones is 1. The average Bonchev–Trinajstić information content (AvgIpc) is 2.77. The van der Waals surface area contributed by atoms with Crippen LogP contribution in [0.15, 0.2) is 24.3 Å². The second kappa shape index (κ2) is 18.1. The number of nitrogens with one attached hydrogen (secondary N) is 1. The number of Topliss-reactive ketones (excluding diaryl/α,β-unsaturated/α-hetero) is 1. The number of unbranched alkanes of at least 4 members (excludes halogenated alkanes) is 12. The summed E-state index contributed by atoms with van der Waals surface area (Å²) in [5.74, 6) is -1.76. The Labute approximate surface area is 199 Å². The maximum absolute atomic E-state index is 12.1. The Morgan fingerprint density at radius 2 is 1.27 bits per heavy atom. The molecule has 0 fully saturated rings. The first-order chi connectivity index (χ1) is 15.9. The molecule has 1 aromatic carbocycles. The summed E-state index contributed by atoms with van der Waals surface area (Å²) in [6, 6.07) is 5.05. The van der Waals surface area contributed by atoms with Gasteiger partial charge in [0.15, 0.2) is 0 Å². The molecule has 1 aromatic rings. The highest BCUT2D eigenvalue weighted by Crippen LogP contribution is 2.14. The molecule has 6 nitrogen and oxygen atoms in total. The van der Waals surface area contributed by atoms with Crippen molar-refractivity contribution in [2.75, 3.05) is 0 Å². The number of hydrogen-bond acceptors (Lipinski definition) is 4. The van der Waals surface area contributed by atoms with Gasteiger partial charge in [0, 0.05) is 12.8 Å². The first kappa shape index (κ1) is 28.7. The SMILES string of the molecule is CCCCCCCCCCCCCCCC(=O)CC(=O)N[C@@H](Cc1ccc(O)cc1)C(=O)O. The summed E-state index contributed by atoms with van der Waals surface area (Å²) < 4.78 is 0. The molecule has 1 rings (SSSR count). The molecule has 0 aliphatic heterocycles. The van der Waals surface area contributed by atoms with Crippen molar-refractivity contribution >= 4 is 17.7 Å². The summed E-state index contributed by atoms with van der Waals surface area (Å²) in [6.07, 6.45) is 16.2. The molecule has 6 heteroatoms. The fourth-order valence-electron chi connectivity index (χ4n) is 3.92. The zero-order valence-electron chi connectivity index (χ0n) is 20.3. The highest BCUT2D eigenvalue weighted by atomic mass is 16.4. The van der Waals surface area contributed by atoms with Crippen molar-refractivity contribution in [1.29, 1.82) is 0 Å². The van der Waals surface area contributed by atoms with Crippen LogP contribution in [0.5, 0.6) is 5.75 Å². The second-order valence-corrected chi connectivity index (χ2v) is 9.04. The molecule has 0 bridgehead atoms. The van der Waals surface area contributed by atoms with Crippen LogP contribution in [0.4, 0.5) is 0 Å². The van der Waals surface area contributed by atoms with Gasteiger partial charge in [-0.1, -0.05) is 96.1 Å². The summed E-state index contributed by atoms with van der Waals surface area (Å²) in [4.78, 5) is 35.6. The zero-order chi connectivity index (χ0) is 24.3. The van der Waals surface area contributed by atoms with Crippen LogP contribution in [-0.4, -0.2) is 33.9 Å². The third kappa shape index (κ3) is 15.2. The molecule has 0 unspecified atom stereocenters. The van der Waals surface area contributed by atoms with Gasteiger partial charge in [-0.05, 0) is 24.1 Å². The predicted molar refractivity (Wildman–Crippen MR) is 131 cm³/mol. The number of rotatable bonds is 20. The Hall–Kier alpha value is -2.37. The zero-order valence-corrected chi connectivity index (χ0v) is 20.3. The van der Waals surface area contributed by atoms with Crippen molar-refractivity contribution in [1.82, 2.24) is 5.32 Å². The largest absolute Gasteiger partial charge is 0.508 e. The number of carboxylic acids is 1. The molecule has 0 spiro atoms. The number of amides is 1. The van der Waals surface area contributed by atoms with Gasteiger partial charge in [-0.15, -0.1) is 0 Å². The van der Waals surface area contributed by atoms with E-state index in [2.05, 4.69) is 12.2 Å². The standard InChI is InChI=1S/C27H43NO5/c1-2-3-4-5-6-7-8-9-10-11-12-13-14-15-24(30)21-26(31)28-25(27(32)33)20-22-16-18-23(29)19-17-22/h16-19,25,29H,2-15,20-21H2,1H3,(H,28,31)(H,32,33)/t25-/m0/s1. The molecule has 33 heavy (non-hydrogen) atoms. The van der Waals surface area contributed by atoms with Crippen LogP contribution in [0.3, 0.4) is 0 Å². The van der Waals surface area contributed by atoms with E-state index in [1.165, 1.54) is 76.3 Å². The van der Waals surface area contributed by atoms with E-state index in [0.29, 0.717) is 12.0 Å². The molecule has 0 saturated carbocycles. The molecule has 0 radical (unpaired) electrons. The lowest BCUT2D eigenvalue weighted by Crippen LogP contribution is -2.42. The van der Waals surface area contributed by atoms with Gasteiger partial charge < -0.3 is 15.5 Å². The minimum Gasteiger partial charge on any atom is -0.508 e. The highest BCUT2D eigenvalue weighted by molar-refractivity contribution is 5.99. The maximum Gasteiger partial charge on any atom is 0.326 e. The number of carbonyl (C=O) groups excluding carboxylic acids is 2. The highest BCUT2D eigenvalue weighted by Gasteiger charge is 2.21. The summed E-state index contributed by atoms with van der Waals surface area (Å²) in [5, 5.41) is 21.1. The number of carbonyl (C=O) groups is 3.